The van der Waals surface area contributed by atoms with Crippen molar-refractivity contribution in [3.05, 3.63) is 72.3 Å². The van der Waals surface area contributed by atoms with Crippen LogP contribution in [0.15, 0.2) is 76.1 Å². The molecule has 27 heavy (non-hydrogen) atoms. The Labute approximate surface area is 159 Å². The van der Waals surface area contributed by atoms with Gasteiger partial charge >= 0.3 is 0 Å². The van der Waals surface area contributed by atoms with Crippen molar-refractivity contribution in [1.82, 2.24) is 0 Å². The van der Waals surface area contributed by atoms with Crippen LogP contribution in [0.25, 0.3) is 21.9 Å². The van der Waals surface area contributed by atoms with Gasteiger partial charge < -0.3 is 9.15 Å². The van der Waals surface area contributed by atoms with Crippen molar-refractivity contribution in [3.8, 4) is 5.75 Å². The summed E-state index contributed by atoms with van der Waals surface area (Å²) in [6, 6.07) is 22.1. The molecule has 4 rings (SSSR count). The molecule has 0 aliphatic heterocycles. The maximum absolute atomic E-state index is 5.86. The van der Waals surface area contributed by atoms with Gasteiger partial charge in [0.1, 0.15) is 16.9 Å². The first-order chi connectivity index (χ1) is 13.2. The molecular weight excluding hydrogens is 334 g/mol. The summed E-state index contributed by atoms with van der Waals surface area (Å²) in [5.74, 6) is 1.56. The van der Waals surface area contributed by atoms with Crippen LogP contribution in [-0.4, -0.2) is 12.8 Å². The van der Waals surface area contributed by atoms with Crippen LogP contribution in [0, 0.1) is 5.92 Å². The summed E-state index contributed by atoms with van der Waals surface area (Å²) in [5, 5.41) is 2.21. The summed E-state index contributed by atoms with van der Waals surface area (Å²) in [7, 11) is 0. The lowest BCUT2D eigenvalue weighted by molar-refractivity contribution is 0.289. The summed E-state index contributed by atoms with van der Waals surface area (Å²) in [5.41, 5.74) is 3.74. The summed E-state index contributed by atoms with van der Waals surface area (Å²) in [6.07, 6.45) is 2.94. The lowest BCUT2D eigenvalue weighted by atomic mass is 10.1. The van der Waals surface area contributed by atoms with E-state index in [0.717, 1.165) is 52.0 Å². The Morgan fingerprint density at radius 2 is 1.70 bits per heavy atom. The fraction of sp³-hybridized carbons (Fsp3) is 0.208. The highest BCUT2D eigenvalue weighted by Gasteiger charge is 2.06. The van der Waals surface area contributed by atoms with Gasteiger partial charge in [-0.3, -0.25) is 4.99 Å². The molecule has 0 N–H and O–H groups in total. The van der Waals surface area contributed by atoms with Crippen LogP contribution in [0.1, 0.15) is 25.8 Å². The topological polar surface area (TPSA) is 34.7 Å². The number of ether oxygens (including phenoxy) is 1. The third-order valence-electron chi connectivity index (χ3n) is 4.57. The van der Waals surface area contributed by atoms with Crippen LogP contribution in [0.4, 0.5) is 5.69 Å². The Kier molecular flexibility index (Phi) is 4.93. The molecule has 0 saturated heterocycles. The van der Waals surface area contributed by atoms with E-state index in [1.54, 1.807) is 0 Å². The SMILES string of the molecule is CC(C)CCOc1ccc(C=Nc2ccc3oc4ccccc4c3c2)cc1. The Morgan fingerprint density at radius 1 is 0.926 bits per heavy atom. The molecule has 0 amide bonds. The van der Waals surface area contributed by atoms with Crippen molar-refractivity contribution in [1.29, 1.82) is 0 Å². The van der Waals surface area contributed by atoms with Gasteiger partial charge in [-0.25, -0.2) is 0 Å². The van der Waals surface area contributed by atoms with Gasteiger partial charge in [0.15, 0.2) is 0 Å². The standard InChI is InChI=1S/C24H23NO2/c1-17(2)13-14-26-20-10-7-18(8-11-20)16-25-19-9-12-24-22(15-19)21-5-3-4-6-23(21)27-24/h3-12,15-17H,13-14H2,1-2H3. The van der Waals surface area contributed by atoms with E-state index in [1.807, 2.05) is 60.8 Å². The zero-order valence-corrected chi connectivity index (χ0v) is 15.7. The van der Waals surface area contributed by atoms with Crippen LogP contribution in [0.5, 0.6) is 5.75 Å². The van der Waals surface area contributed by atoms with E-state index in [2.05, 4.69) is 31.0 Å². The monoisotopic (exact) mass is 357 g/mol. The molecule has 136 valence electrons. The minimum atomic E-state index is 0.654. The van der Waals surface area contributed by atoms with Gasteiger partial charge in [0.05, 0.1) is 12.3 Å². The van der Waals surface area contributed by atoms with Crippen molar-refractivity contribution >= 4 is 33.8 Å². The predicted octanol–water partition coefficient (Wildman–Crippen LogP) is 6.76. The summed E-state index contributed by atoms with van der Waals surface area (Å²) in [6.45, 7) is 5.16. The van der Waals surface area contributed by atoms with Crippen LogP contribution in [-0.2, 0) is 0 Å². The second-order valence-corrected chi connectivity index (χ2v) is 7.14. The molecule has 0 spiro atoms. The van der Waals surface area contributed by atoms with Crippen LogP contribution < -0.4 is 4.74 Å². The molecule has 0 bridgehead atoms. The molecule has 1 aromatic heterocycles. The molecule has 0 fully saturated rings. The third kappa shape index (κ3) is 4.03. The van der Waals surface area contributed by atoms with E-state index >= 15 is 0 Å². The van der Waals surface area contributed by atoms with Crippen LogP contribution >= 0.6 is 0 Å². The summed E-state index contributed by atoms with van der Waals surface area (Å²) >= 11 is 0. The van der Waals surface area contributed by atoms with E-state index in [4.69, 9.17) is 9.15 Å². The minimum absolute atomic E-state index is 0.654. The average molecular weight is 357 g/mol. The van der Waals surface area contributed by atoms with Crippen molar-refractivity contribution in [3.63, 3.8) is 0 Å². The summed E-state index contributed by atoms with van der Waals surface area (Å²) in [4.78, 5) is 4.62. The Balaban J connectivity index is 1.49. The van der Waals surface area contributed by atoms with Crippen molar-refractivity contribution in [2.24, 2.45) is 10.9 Å². The number of aliphatic imine (C=N–C) groups is 1. The molecule has 0 aliphatic rings. The molecule has 1 heterocycles. The molecule has 0 saturated carbocycles. The maximum atomic E-state index is 5.86. The summed E-state index contributed by atoms with van der Waals surface area (Å²) < 4.78 is 11.6. The van der Waals surface area contributed by atoms with Gasteiger partial charge in [0.25, 0.3) is 0 Å². The highest BCUT2D eigenvalue weighted by Crippen LogP contribution is 2.31. The number of hydrogen-bond acceptors (Lipinski definition) is 3. The molecule has 0 aliphatic carbocycles. The first-order valence-electron chi connectivity index (χ1n) is 9.37. The zero-order chi connectivity index (χ0) is 18.6. The van der Waals surface area contributed by atoms with E-state index < -0.39 is 0 Å². The molecule has 3 aromatic carbocycles. The van der Waals surface area contributed by atoms with Gasteiger partial charge in [0.2, 0.25) is 0 Å². The normalized spacial score (nSPS) is 11.8. The Hall–Kier alpha value is -3.07. The number of furan rings is 1. The molecular formula is C24H23NO2. The van der Waals surface area contributed by atoms with E-state index in [1.165, 1.54) is 0 Å². The quantitative estimate of drug-likeness (QED) is 0.357. The largest absolute Gasteiger partial charge is 0.494 e. The number of fused-ring (bicyclic) bond motifs is 3. The van der Waals surface area contributed by atoms with Crippen molar-refractivity contribution in [2.75, 3.05) is 6.61 Å². The lowest BCUT2D eigenvalue weighted by Crippen LogP contribution is -2.01. The van der Waals surface area contributed by atoms with Gasteiger partial charge in [-0.05, 0) is 66.4 Å². The van der Waals surface area contributed by atoms with Crippen LogP contribution in [0.2, 0.25) is 0 Å². The number of hydrogen-bond donors (Lipinski definition) is 0. The fourth-order valence-corrected chi connectivity index (χ4v) is 3.01. The van der Waals surface area contributed by atoms with Gasteiger partial charge in [0, 0.05) is 17.0 Å². The van der Waals surface area contributed by atoms with E-state index in [0.29, 0.717) is 5.92 Å². The molecule has 0 radical (unpaired) electrons. The van der Waals surface area contributed by atoms with Crippen LogP contribution in [0.3, 0.4) is 0 Å². The maximum Gasteiger partial charge on any atom is 0.135 e. The third-order valence-corrected chi connectivity index (χ3v) is 4.57. The first kappa shape index (κ1) is 17.3. The van der Waals surface area contributed by atoms with Crippen molar-refractivity contribution < 1.29 is 9.15 Å². The van der Waals surface area contributed by atoms with E-state index in [-0.39, 0.29) is 0 Å². The average Bonchev–Trinajstić information content (AvgIpc) is 3.05. The Morgan fingerprint density at radius 3 is 2.52 bits per heavy atom. The fourth-order valence-electron chi connectivity index (χ4n) is 3.01. The highest BCUT2D eigenvalue weighted by atomic mass is 16.5. The molecule has 0 unspecified atom stereocenters. The van der Waals surface area contributed by atoms with Gasteiger partial charge in [-0.1, -0.05) is 32.0 Å². The number of rotatable bonds is 6. The molecule has 3 heteroatoms. The molecule has 4 aromatic rings. The number of para-hydroxylation sites is 1. The second-order valence-electron chi connectivity index (χ2n) is 7.14. The first-order valence-corrected chi connectivity index (χ1v) is 9.37. The van der Waals surface area contributed by atoms with Gasteiger partial charge in [-0.15, -0.1) is 0 Å². The van der Waals surface area contributed by atoms with E-state index in [9.17, 15) is 0 Å². The molecule has 3 nitrogen and oxygen atoms in total. The number of benzene rings is 3. The Bertz CT molecular complexity index is 1070. The highest BCUT2D eigenvalue weighted by molar-refractivity contribution is 6.05. The molecule has 0 atom stereocenters. The predicted molar refractivity (Wildman–Crippen MR) is 112 cm³/mol. The van der Waals surface area contributed by atoms with Gasteiger partial charge in [-0.2, -0.15) is 0 Å². The minimum Gasteiger partial charge on any atom is -0.494 e. The zero-order valence-electron chi connectivity index (χ0n) is 15.7. The smallest absolute Gasteiger partial charge is 0.135 e. The lowest BCUT2D eigenvalue weighted by Gasteiger charge is -2.07. The van der Waals surface area contributed by atoms with Crippen molar-refractivity contribution in [2.45, 2.75) is 20.3 Å². The number of nitrogens with zero attached hydrogens (tertiary/aromatic N) is 1. The second kappa shape index (κ2) is 7.67.